The molecule has 0 radical (unpaired) electrons. The number of esters is 1. The van der Waals surface area contributed by atoms with Gasteiger partial charge in [-0.2, -0.15) is 0 Å². The maximum Gasteiger partial charge on any atom is 0.334 e. The summed E-state index contributed by atoms with van der Waals surface area (Å²) in [7, 11) is 0. The van der Waals surface area contributed by atoms with Gasteiger partial charge < -0.3 is 9.84 Å². The third-order valence-corrected chi connectivity index (χ3v) is 1.77. The molecular formula is C7H7Cl3O4. The fourth-order valence-electron chi connectivity index (χ4n) is 0.614. The third-order valence-electron chi connectivity index (χ3n) is 1.17. The largest absolute Gasteiger partial charge is 0.478 e. The van der Waals surface area contributed by atoms with Crippen molar-refractivity contribution in [2.24, 2.45) is 0 Å². The molecule has 0 heterocycles. The number of halogens is 3. The summed E-state index contributed by atoms with van der Waals surface area (Å²) in [5.41, 5.74) is -0.500. The minimum atomic E-state index is -2.05. The lowest BCUT2D eigenvalue weighted by molar-refractivity contribution is -0.146. The van der Waals surface area contributed by atoms with Crippen LogP contribution in [0.25, 0.3) is 0 Å². The van der Waals surface area contributed by atoms with Crippen molar-refractivity contribution in [2.75, 3.05) is 0 Å². The molecule has 7 heteroatoms. The summed E-state index contributed by atoms with van der Waals surface area (Å²) in [6.45, 7) is 4.21. The van der Waals surface area contributed by atoms with Crippen LogP contribution in [0.5, 0.6) is 0 Å². The summed E-state index contributed by atoms with van der Waals surface area (Å²) in [5.74, 6) is -2.16. The van der Waals surface area contributed by atoms with Crippen LogP contribution in [0.3, 0.4) is 0 Å². The Morgan fingerprint density at radius 2 is 1.86 bits per heavy atom. The van der Waals surface area contributed by atoms with E-state index in [0.29, 0.717) is 0 Å². The summed E-state index contributed by atoms with van der Waals surface area (Å²) in [6, 6.07) is 0. The zero-order valence-corrected chi connectivity index (χ0v) is 9.36. The number of hydrogen-bond acceptors (Lipinski definition) is 3. The highest BCUT2D eigenvalue weighted by atomic mass is 35.6. The molecule has 14 heavy (non-hydrogen) atoms. The van der Waals surface area contributed by atoms with E-state index in [2.05, 4.69) is 11.3 Å². The van der Waals surface area contributed by atoms with Crippen molar-refractivity contribution < 1.29 is 19.4 Å². The van der Waals surface area contributed by atoms with Crippen molar-refractivity contribution in [1.29, 1.82) is 0 Å². The Bertz CT molecular complexity index is 269. The summed E-state index contributed by atoms with van der Waals surface area (Å²) in [4.78, 5) is 21.1. The van der Waals surface area contributed by atoms with Gasteiger partial charge in [0.1, 0.15) is 0 Å². The fourth-order valence-corrected chi connectivity index (χ4v) is 1.14. The van der Waals surface area contributed by atoms with Crippen LogP contribution in [0.1, 0.15) is 6.92 Å². The second-order valence-electron chi connectivity index (χ2n) is 2.36. The summed E-state index contributed by atoms with van der Waals surface area (Å²) >= 11 is 16.2. The molecule has 0 aliphatic rings. The van der Waals surface area contributed by atoms with Gasteiger partial charge in [-0.05, 0) is 0 Å². The minimum absolute atomic E-state index is 0.500. The van der Waals surface area contributed by atoms with Crippen molar-refractivity contribution in [1.82, 2.24) is 0 Å². The average Bonchev–Trinajstić information content (AvgIpc) is 1.96. The molecule has 0 fully saturated rings. The standard InChI is InChI=1S/C7H7Cl3O4/c1-3(6(12)13)5(7(8,9)10)14-4(2)11/h5H,1H2,2H3,(H,12,13). The quantitative estimate of drug-likeness (QED) is 0.479. The van der Waals surface area contributed by atoms with Crippen molar-refractivity contribution in [3.8, 4) is 0 Å². The molecule has 0 saturated heterocycles. The average molecular weight is 261 g/mol. The first-order chi connectivity index (χ1) is 6.16. The monoisotopic (exact) mass is 260 g/mol. The molecule has 80 valence electrons. The smallest absolute Gasteiger partial charge is 0.334 e. The Labute approximate surface area is 95.4 Å². The van der Waals surface area contributed by atoms with Crippen molar-refractivity contribution >= 4 is 46.7 Å². The van der Waals surface area contributed by atoms with Crippen LogP contribution in [0.4, 0.5) is 0 Å². The molecule has 0 aromatic carbocycles. The van der Waals surface area contributed by atoms with Crippen molar-refractivity contribution in [3.63, 3.8) is 0 Å². The second-order valence-corrected chi connectivity index (χ2v) is 4.73. The molecule has 1 N–H and O–H groups in total. The molecule has 4 nitrogen and oxygen atoms in total. The number of alkyl halides is 3. The van der Waals surface area contributed by atoms with E-state index in [1.807, 2.05) is 0 Å². The van der Waals surface area contributed by atoms with Crippen LogP contribution in [-0.4, -0.2) is 26.9 Å². The first-order valence-corrected chi connectivity index (χ1v) is 4.45. The van der Waals surface area contributed by atoms with Gasteiger partial charge in [0, 0.05) is 6.92 Å². The second kappa shape index (κ2) is 4.87. The van der Waals surface area contributed by atoms with Gasteiger partial charge in [-0.25, -0.2) is 4.79 Å². The van der Waals surface area contributed by atoms with E-state index in [0.717, 1.165) is 6.92 Å². The maximum absolute atomic E-state index is 10.6. The first-order valence-electron chi connectivity index (χ1n) is 3.32. The van der Waals surface area contributed by atoms with Crippen LogP contribution in [0.15, 0.2) is 12.2 Å². The SMILES string of the molecule is C=C(C(=O)O)C(OC(C)=O)C(Cl)(Cl)Cl. The Kier molecular flexibility index (Phi) is 4.71. The van der Waals surface area contributed by atoms with Gasteiger partial charge in [-0.1, -0.05) is 41.4 Å². The van der Waals surface area contributed by atoms with E-state index in [1.54, 1.807) is 0 Å². The topological polar surface area (TPSA) is 63.6 Å². The molecule has 0 rings (SSSR count). The number of hydrogen-bond donors (Lipinski definition) is 1. The van der Waals surface area contributed by atoms with E-state index in [1.165, 1.54) is 0 Å². The lowest BCUT2D eigenvalue weighted by Crippen LogP contribution is -2.34. The molecule has 0 aromatic rings. The normalized spacial score (nSPS) is 13.1. The Balaban J connectivity index is 4.82. The number of carboxylic acids is 1. The predicted molar refractivity (Wildman–Crippen MR) is 52.6 cm³/mol. The zero-order valence-electron chi connectivity index (χ0n) is 7.09. The molecule has 0 aromatic heterocycles. The van der Waals surface area contributed by atoms with Gasteiger partial charge in [0.15, 0.2) is 6.10 Å². The Hall–Kier alpha value is -0.450. The lowest BCUT2D eigenvalue weighted by atomic mass is 10.2. The molecule has 1 unspecified atom stereocenters. The van der Waals surface area contributed by atoms with E-state index in [4.69, 9.17) is 39.9 Å². The summed E-state index contributed by atoms with van der Waals surface area (Å²) < 4.78 is 2.47. The van der Waals surface area contributed by atoms with Gasteiger partial charge in [0.05, 0.1) is 5.57 Å². The Morgan fingerprint density at radius 3 is 2.07 bits per heavy atom. The van der Waals surface area contributed by atoms with Crippen molar-refractivity contribution in [3.05, 3.63) is 12.2 Å². The minimum Gasteiger partial charge on any atom is -0.478 e. The molecule has 0 aliphatic heterocycles. The van der Waals surface area contributed by atoms with Gasteiger partial charge in [0.25, 0.3) is 0 Å². The van der Waals surface area contributed by atoms with Gasteiger partial charge in [-0.3, -0.25) is 4.79 Å². The highest BCUT2D eigenvalue weighted by molar-refractivity contribution is 6.68. The number of carbonyl (C=O) groups excluding carboxylic acids is 1. The van der Waals surface area contributed by atoms with Crippen molar-refractivity contribution in [2.45, 2.75) is 16.8 Å². The predicted octanol–water partition coefficient (Wildman–Crippen LogP) is 1.93. The maximum atomic E-state index is 10.6. The zero-order chi connectivity index (χ0) is 11.5. The number of ether oxygens (including phenoxy) is 1. The van der Waals surface area contributed by atoms with Gasteiger partial charge >= 0.3 is 11.9 Å². The van der Waals surface area contributed by atoms with E-state index < -0.39 is 27.4 Å². The number of carbonyl (C=O) groups is 2. The number of aliphatic carboxylic acids is 1. The van der Waals surface area contributed by atoms with E-state index in [-0.39, 0.29) is 0 Å². The lowest BCUT2D eigenvalue weighted by Gasteiger charge is -2.23. The Morgan fingerprint density at radius 1 is 1.43 bits per heavy atom. The highest BCUT2D eigenvalue weighted by Crippen LogP contribution is 2.35. The molecule has 0 aliphatic carbocycles. The van der Waals surface area contributed by atoms with E-state index >= 15 is 0 Å². The van der Waals surface area contributed by atoms with Gasteiger partial charge in [0.2, 0.25) is 3.79 Å². The van der Waals surface area contributed by atoms with Crippen LogP contribution in [0, 0.1) is 0 Å². The van der Waals surface area contributed by atoms with Crippen LogP contribution < -0.4 is 0 Å². The third kappa shape index (κ3) is 4.17. The number of carboxylic acid groups (broad SMARTS) is 1. The molecular weight excluding hydrogens is 254 g/mol. The molecule has 0 bridgehead atoms. The van der Waals surface area contributed by atoms with Gasteiger partial charge in [-0.15, -0.1) is 0 Å². The summed E-state index contributed by atoms with van der Waals surface area (Å²) in [6.07, 6.45) is -1.50. The van der Waals surface area contributed by atoms with Crippen LogP contribution >= 0.6 is 34.8 Å². The fraction of sp³-hybridized carbons (Fsp3) is 0.429. The van der Waals surface area contributed by atoms with E-state index in [9.17, 15) is 9.59 Å². The van der Waals surface area contributed by atoms with Crippen LogP contribution in [0.2, 0.25) is 0 Å². The first kappa shape index (κ1) is 13.5. The summed E-state index contributed by atoms with van der Waals surface area (Å²) in [5, 5.41) is 8.56. The molecule has 0 amide bonds. The molecule has 0 saturated carbocycles. The highest BCUT2D eigenvalue weighted by Gasteiger charge is 2.40. The molecule has 0 spiro atoms. The molecule has 1 atom stereocenters. The van der Waals surface area contributed by atoms with Crippen LogP contribution in [-0.2, 0) is 14.3 Å². The number of rotatable bonds is 3.